The van der Waals surface area contributed by atoms with Crippen molar-refractivity contribution >= 4 is 17.2 Å². The van der Waals surface area contributed by atoms with Crippen LogP contribution in [0.3, 0.4) is 0 Å². The zero-order valence-electron chi connectivity index (χ0n) is 9.51. The van der Waals surface area contributed by atoms with E-state index in [4.69, 9.17) is 17.3 Å². The van der Waals surface area contributed by atoms with Crippen LogP contribution in [0.2, 0.25) is 5.02 Å². The average molecular weight is 251 g/mol. The Hall–Kier alpha value is -1.10. The lowest BCUT2D eigenvalue weighted by Gasteiger charge is -2.12. The van der Waals surface area contributed by atoms with Crippen LogP contribution in [-0.2, 0) is 6.54 Å². The van der Waals surface area contributed by atoms with Gasteiger partial charge in [-0.3, -0.25) is 4.90 Å². The van der Waals surface area contributed by atoms with Gasteiger partial charge in [-0.1, -0.05) is 11.6 Å². The number of nitrogens with two attached hydrogens (primary N) is 1. The van der Waals surface area contributed by atoms with Gasteiger partial charge in [0.1, 0.15) is 5.65 Å². The lowest BCUT2D eigenvalue weighted by atomic mass is 10.3. The number of likely N-dealkylation sites (tertiary alicyclic amines) is 1. The van der Waals surface area contributed by atoms with Crippen LogP contribution in [0.5, 0.6) is 0 Å². The van der Waals surface area contributed by atoms with Gasteiger partial charge in [0.15, 0.2) is 0 Å². The van der Waals surface area contributed by atoms with Crippen LogP contribution in [0.15, 0.2) is 24.5 Å². The highest BCUT2D eigenvalue weighted by atomic mass is 35.5. The smallest absolute Gasteiger partial charge is 0.137 e. The van der Waals surface area contributed by atoms with Crippen LogP contribution < -0.4 is 5.73 Å². The van der Waals surface area contributed by atoms with Gasteiger partial charge in [-0.05, 0) is 18.6 Å². The van der Waals surface area contributed by atoms with Gasteiger partial charge in [-0.2, -0.15) is 0 Å². The quantitative estimate of drug-likeness (QED) is 0.879. The van der Waals surface area contributed by atoms with E-state index < -0.39 is 0 Å². The maximum Gasteiger partial charge on any atom is 0.137 e. The van der Waals surface area contributed by atoms with E-state index in [0.29, 0.717) is 6.04 Å². The maximum absolute atomic E-state index is 5.94. The van der Waals surface area contributed by atoms with Gasteiger partial charge in [0.25, 0.3) is 0 Å². The van der Waals surface area contributed by atoms with E-state index in [0.717, 1.165) is 42.4 Å². The summed E-state index contributed by atoms with van der Waals surface area (Å²) in [6.45, 7) is 2.90. The summed E-state index contributed by atoms with van der Waals surface area (Å²) in [6, 6.07) is 4.11. The second-order valence-corrected chi connectivity index (χ2v) is 5.07. The molecule has 5 heteroatoms. The molecule has 2 N–H and O–H groups in total. The molecule has 0 saturated carbocycles. The van der Waals surface area contributed by atoms with Gasteiger partial charge in [0.05, 0.1) is 10.7 Å². The molecule has 90 valence electrons. The zero-order valence-corrected chi connectivity index (χ0v) is 10.3. The molecule has 0 amide bonds. The summed E-state index contributed by atoms with van der Waals surface area (Å²) < 4.78 is 1.97. The minimum absolute atomic E-state index is 0.321. The minimum atomic E-state index is 0.321. The van der Waals surface area contributed by atoms with Crippen LogP contribution in [-0.4, -0.2) is 33.4 Å². The highest BCUT2D eigenvalue weighted by Gasteiger charge is 2.19. The third kappa shape index (κ3) is 2.29. The van der Waals surface area contributed by atoms with Crippen molar-refractivity contribution in [3.63, 3.8) is 0 Å². The van der Waals surface area contributed by atoms with Crippen molar-refractivity contribution in [1.29, 1.82) is 0 Å². The summed E-state index contributed by atoms with van der Waals surface area (Å²) >= 11 is 5.94. The number of pyridine rings is 1. The summed E-state index contributed by atoms with van der Waals surface area (Å²) in [7, 11) is 0. The van der Waals surface area contributed by atoms with Crippen molar-refractivity contribution in [1.82, 2.24) is 14.3 Å². The number of hydrogen-bond donors (Lipinski definition) is 1. The van der Waals surface area contributed by atoms with Crippen LogP contribution >= 0.6 is 11.6 Å². The number of imidazole rings is 1. The topological polar surface area (TPSA) is 46.6 Å². The third-order valence-electron chi connectivity index (χ3n) is 3.16. The molecule has 1 aliphatic heterocycles. The second-order valence-electron chi connectivity index (χ2n) is 4.63. The molecule has 0 aliphatic carbocycles. The van der Waals surface area contributed by atoms with E-state index in [2.05, 4.69) is 9.88 Å². The minimum Gasteiger partial charge on any atom is -0.326 e. The molecule has 2 aromatic rings. The van der Waals surface area contributed by atoms with E-state index >= 15 is 0 Å². The third-order valence-corrected chi connectivity index (χ3v) is 3.38. The van der Waals surface area contributed by atoms with Gasteiger partial charge in [-0.25, -0.2) is 4.98 Å². The number of hydrogen-bond acceptors (Lipinski definition) is 3. The molecule has 0 spiro atoms. The van der Waals surface area contributed by atoms with Crippen molar-refractivity contribution in [3.05, 3.63) is 35.2 Å². The van der Waals surface area contributed by atoms with Crippen molar-refractivity contribution < 1.29 is 0 Å². The van der Waals surface area contributed by atoms with Crippen LogP contribution in [0.1, 0.15) is 12.1 Å². The molecule has 2 aromatic heterocycles. The van der Waals surface area contributed by atoms with Crippen molar-refractivity contribution in [2.45, 2.75) is 19.0 Å². The monoisotopic (exact) mass is 250 g/mol. The zero-order chi connectivity index (χ0) is 11.8. The summed E-state index contributed by atoms with van der Waals surface area (Å²) in [5, 5.41) is 0.727. The normalized spacial score (nSPS) is 21.4. The van der Waals surface area contributed by atoms with E-state index in [1.807, 2.05) is 28.9 Å². The predicted molar refractivity (Wildman–Crippen MR) is 68.1 cm³/mol. The Balaban J connectivity index is 1.81. The van der Waals surface area contributed by atoms with E-state index in [-0.39, 0.29) is 0 Å². The average Bonchev–Trinajstić information content (AvgIpc) is 2.84. The van der Waals surface area contributed by atoms with E-state index in [1.165, 1.54) is 0 Å². The molecule has 1 atom stereocenters. The Kier molecular flexibility index (Phi) is 2.78. The molecule has 1 fully saturated rings. The fraction of sp³-hybridized carbons (Fsp3) is 0.417. The molecule has 3 rings (SSSR count). The summed E-state index contributed by atoms with van der Waals surface area (Å²) in [5.41, 5.74) is 7.90. The Morgan fingerprint density at radius 2 is 2.29 bits per heavy atom. The number of aromatic nitrogens is 2. The molecule has 1 saturated heterocycles. The van der Waals surface area contributed by atoms with Crippen LogP contribution in [0.25, 0.3) is 5.65 Å². The molecular weight excluding hydrogens is 236 g/mol. The fourth-order valence-electron chi connectivity index (χ4n) is 2.33. The molecule has 3 heterocycles. The van der Waals surface area contributed by atoms with E-state index in [9.17, 15) is 0 Å². The second kappa shape index (κ2) is 4.29. The van der Waals surface area contributed by atoms with E-state index in [1.54, 1.807) is 0 Å². The molecule has 0 radical (unpaired) electrons. The van der Waals surface area contributed by atoms with Gasteiger partial charge in [0.2, 0.25) is 0 Å². The number of rotatable bonds is 2. The fourth-order valence-corrected chi connectivity index (χ4v) is 2.50. The predicted octanol–water partition coefficient (Wildman–Crippen LogP) is 1.52. The van der Waals surface area contributed by atoms with Crippen LogP contribution in [0.4, 0.5) is 0 Å². The summed E-state index contributed by atoms with van der Waals surface area (Å²) in [5.74, 6) is 0. The summed E-state index contributed by atoms with van der Waals surface area (Å²) in [6.07, 6.45) is 4.99. The summed E-state index contributed by atoms with van der Waals surface area (Å²) in [4.78, 5) is 6.91. The molecule has 0 unspecified atom stereocenters. The standard InChI is InChI=1S/C12H15ClN4/c13-9-1-2-12-15-11(8-17(12)5-9)7-16-4-3-10(14)6-16/h1-2,5,8,10H,3-4,6-7,14H2/t10-/m0/s1. The van der Waals surface area contributed by atoms with Crippen molar-refractivity contribution in [2.24, 2.45) is 5.73 Å². The Bertz CT molecular complexity index is 536. The molecule has 1 aliphatic rings. The van der Waals surface area contributed by atoms with Crippen LogP contribution in [0, 0.1) is 0 Å². The highest BCUT2D eigenvalue weighted by Crippen LogP contribution is 2.15. The van der Waals surface area contributed by atoms with Gasteiger partial charge >= 0.3 is 0 Å². The lowest BCUT2D eigenvalue weighted by Crippen LogP contribution is -2.26. The SMILES string of the molecule is N[C@H]1CCN(Cc2cn3cc(Cl)ccc3n2)C1. The molecular formula is C12H15ClN4. The van der Waals surface area contributed by atoms with Crippen molar-refractivity contribution in [3.8, 4) is 0 Å². The first kappa shape index (κ1) is 11.0. The largest absolute Gasteiger partial charge is 0.326 e. The molecule has 0 aromatic carbocycles. The molecule has 4 nitrogen and oxygen atoms in total. The number of nitrogens with zero attached hydrogens (tertiary/aromatic N) is 3. The first-order valence-corrected chi connectivity index (χ1v) is 6.19. The Morgan fingerprint density at radius 1 is 1.41 bits per heavy atom. The maximum atomic E-state index is 5.94. The lowest BCUT2D eigenvalue weighted by molar-refractivity contribution is 0.323. The van der Waals surface area contributed by atoms with Gasteiger partial charge in [0, 0.05) is 38.1 Å². The highest BCUT2D eigenvalue weighted by molar-refractivity contribution is 6.30. The Morgan fingerprint density at radius 3 is 3.06 bits per heavy atom. The van der Waals surface area contributed by atoms with Crippen molar-refractivity contribution in [2.75, 3.05) is 13.1 Å². The van der Waals surface area contributed by atoms with Gasteiger partial charge in [-0.15, -0.1) is 0 Å². The Labute approximate surface area is 105 Å². The first-order valence-electron chi connectivity index (χ1n) is 5.82. The molecule has 17 heavy (non-hydrogen) atoms. The number of fused-ring (bicyclic) bond motifs is 1. The number of halogens is 1. The molecule has 0 bridgehead atoms. The van der Waals surface area contributed by atoms with Gasteiger partial charge < -0.3 is 10.1 Å². The first-order chi connectivity index (χ1) is 8.20.